The molecule has 1 saturated heterocycles. The Balaban J connectivity index is 2.44. The number of benzene rings is 1. The third-order valence-corrected chi connectivity index (χ3v) is 4.84. The summed E-state index contributed by atoms with van der Waals surface area (Å²) in [6.07, 6.45) is 0.533. The number of methoxy groups -OCH3 is 1. The second kappa shape index (κ2) is 6.26. The van der Waals surface area contributed by atoms with E-state index in [0.717, 1.165) is 21.1 Å². The van der Waals surface area contributed by atoms with E-state index in [1.807, 2.05) is 13.0 Å². The lowest BCUT2D eigenvalue weighted by Crippen LogP contribution is -2.26. The molecular weight excluding hydrogens is 390 g/mol. The van der Waals surface area contributed by atoms with Crippen LogP contribution in [0.15, 0.2) is 16.6 Å². The van der Waals surface area contributed by atoms with E-state index in [4.69, 9.17) is 4.74 Å². The molecule has 1 fully saturated rings. The molecule has 1 amide bonds. The molecule has 108 valence electrons. The van der Waals surface area contributed by atoms with Gasteiger partial charge < -0.3 is 9.64 Å². The summed E-state index contributed by atoms with van der Waals surface area (Å²) in [6.45, 7) is 2.50. The summed E-state index contributed by atoms with van der Waals surface area (Å²) in [5.41, 5.74) is 2.02. The first-order valence-electron chi connectivity index (χ1n) is 6.22. The SMILES string of the molecule is COC(=O)c1cc(Br)cc(N2CC(CBr)CC2=O)c1C. The van der Waals surface area contributed by atoms with Crippen molar-refractivity contribution >= 4 is 49.4 Å². The number of carbonyl (C=O) groups excluding carboxylic acids is 2. The van der Waals surface area contributed by atoms with Gasteiger partial charge in [0.1, 0.15) is 0 Å². The molecule has 6 heteroatoms. The summed E-state index contributed by atoms with van der Waals surface area (Å²) in [6, 6.07) is 3.59. The fourth-order valence-electron chi connectivity index (χ4n) is 2.38. The molecule has 0 bridgehead atoms. The molecule has 0 aliphatic carbocycles. The Bertz CT molecular complexity index is 560. The van der Waals surface area contributed by atoms with Gasteiger partial charge in [-0.2, -0.15) is 0 Å². The molecule has 0 spiro atoms. The van der Waals surface area contributed by atoms with Crippen LogP contribution in [0.2, 0.25) is 0 Å². The topological polar surface area (TPSA) is 46.6 Å². The average molecular weight is 405 g/mol. The van der Waals surface area contributed by atoms with Gasteiger partial charge in [0.15, 0.2) is 0 Å². The van der Waals surface area contributed by atoms with Crippen LogP contribution in [0.3, 0.4) is 0 Å². The standard InChI is InChI=1S/C14H15Br2NO3/c1-8-11(14(19)20-2)4-10(16)5-12(8)17-7-9(6-15)3-13(17)18/h4-5,9H,3,6-7H2,1-2H3. The second-order valence-corrected chi connectivity index (χ2v) is 6.38. The number of alkyl halides is 1. The summed E-state index contributed by atoms with van der Waals surface area (Å²) in [5.74, 6) is 0.00246. The van der Waals surface area contributed by atoms with Crippen LogP contribution in [-0.2, 0) is 9.53 Å². The largest absolute Gasteiger partial charge is 0.465 e. The van der Waals surface area contributed by atoms with Crippen molar-refractivity contribution in [2.45, 2.75) is 13.3 Å². The fourth-order valence-corrected chi connectivity index (χ4v) is 3.26. The Morgan fingerprint density at radius 3 is 2.75 bits per heavy atom. The van der Waals surface area contributed by atoms with E-state index in [0.29, 0.717) is 24.4 Å². The van der Waals surface area contributed by atoms with E-state index in [2.05, 4.69) is 31.9 Å². The van der Waals surface area contributed by atoms with Gasteiger partial charge in [-0.3, -0.25) is 4.79 Å². The Kier molecular flexibility index (Phi) is 4.86. The number of esters is 1. The highest BCUT2D eigenvalue weighted by Crippen LogP contribution is 2.33. The number of hydrogen-bond acceptors (Lipinski definition) is 3. The van der Waals surface area contributed by atoms with Gasteiger partial charge in [-0.1, -0.05) is 31.9 Å². The molecule has 0 aromatic heterocycles. The molecular formula is C14H15Br2NO3. The number of amides is 1. The summed E-state index contributed by atoms with van der Waals surface area (Å²) in [7, 11) is 1.35. The zero-order chi connectivity index (χ0) is 14.9. The zero-order valence-electron chi connectivity index (χ0n) is 11.3. The third kappa shape index (κ3) is 2.91. The summed E-state index contributed by atoms with van der Waals surface area (Å²) < 4.78 is 5.55. The fraction of sp³-hybridized carbons (Fsp3) is 0.429. The molecule has 1 unspecified atom stereocenters. The lowest BCUT2D eigenvalue weighted by atomic mass is 10.1. The highest BCUT2D eigenvalue weighted by atomic mass is 79.9. The van der Waals surface area contributed by atoms with Crippen molar-refractivity contribution in [3.8, 4) is 0 Å². The van der Waals surface area contributed by atoms with Crippen LogP contribution in [-0.4, -0.2) is 30.9 Å². The molecule has 0 N–H and O–H groups in total. The maximum absolute atomic E-state index is 12.1. The van der Waals surface area contributed by atoms with Gasteiger partial charge in [-0.05, 0) is 30.5 Å². The van der Waals surface area contributed by atoms with Gasteiger partial charge >= 0.3 is 5.97 Å². The van der Waals surface area contributed by atoms with Crippen LogP contribution < -0.4 is 4.90 Å². The maximum Gasteiger partial charge on any atom is 0.338 e. The van der Waals surface area contributed by atoms with Crippen molar-refractivity contribution < 1.29 is 14.3 Å². The van der Waals surface area contributed by atoms with Gasteiger partial charge in [0.05, 0.1) is 12.7 Å². The number of carbonyl (C=O) groups is 2. The van der Waals surface area contributed by atoms with Gasteiger partial charge in [0.2, 0.25) is 5.91 Å². The van der Waals surface area contributed by atoms with Crippen molar-refractivity contribution in [3.63, 3.8) is 0 Å². The lowest BCUT2D eigenvalue weighted by Gasteiger charge is -2.21. The molecule has 20 heavy (non-hydrogen) atoms. The quantitative estimate of drug-likeness (QED) is 0.573. The van der Waals surface area contributed by atoms with Crippen LogP contribution >= 0.6 is 31.9 Å². The molecule has 1 heterocycles. The second-order valence-electron chi connectivity index (χ2n) is 4.82. The molecule has 0 radical (unpaired) electrons. The first-order valence-corrected chi connectivity index (χ1v) is 8.14. The van der Waals surface area contributed by atoms with Gasteiger partial charge in [-0.25, -0.2) is 4.79 Å². The molecule has 4 nitrogen and oxygen atoms in total. The minimum atomic E-state index is -0.395. The van der Waals surface area contributed by atoms with Crippen LogP contribution in [0.25, 0.3) is 0 Å². The first-order chi connectivity index (χ1) is 9.47. The van der Waals surface area contributed by atoms with Crippen molar-refractivity contribution in [1.29, 1.82) is 0 Å². The van der Waals surface area contributed by atoms with Gasteiger partial charge in [0.25, 0.3) is 0 Å². The van der Waals surface area contributed by atoms with Gasteiger partial charge in [0, 0.05) is 28.5 Å². The monoisotopic (exact) mass is 403 g/mol. The van der Waals surface area contributed by atoms with Crippen molar-refractivity contribution in [1.82, 2.24) is 0 Å². The number of ether oxygens (including phenoxy) is 1. The van der Waals surface area contributed by atoms with E-state index in [1.54, 1.807) is 11.0 Å². The van der Waals surface area contributed by atoms with E-state index in [1.165, 1.54) is 7.11 Å². The van der Waals surface area contributed by atoms with Gasteiger partial charge in [-0.15, -0.1) is 0 Å². The summed E-state index contributed by atoms with van der Waals surface area (Å²) >= 11 is 6.81. The van der Waals surface area contributed by atoms with E-state index in [-0.39, 0.29) is 5.91 Å². The number of nitrogens with zero attached hydrogens (tertiary/aromatic N) is 1. The number of halogens is 2. The Morgan fingerprint density at radius 1 is 1.50 bits per heavy atom. The molecule has 2 rings (SSSR count). The number of anilines is 1. The van der Waals surface area contributed by atoms with Crippen molar-refractivity contribution in [3.05, 3.63) is 27.7 Å². The lowest BCUT2D eigenvalue weighted by molar-refractivity contribution is -0.117. The maximum atomic E-state index is 12.1. The predicted octanol–water partition coefficient (Wildman–Crippen LogP) is 3.29. The zero-order valence-corrected chi connectivity index (χ0v) is 14.5. The Labute approximate surface area is 134 Å². The van der Waals surface area contributed by atoms with Crippen LogP contribution in [0.4, 0.5) is 5.69 Å². The summed E-state index contributed by atoms with van der Waals surface area (Å²) in [4.78, 5) is 25.7. The Morgan fingerprint density at radius 2 is 2.20 bits per heavy atom. The first kappa shape index (κ1) is 15.5. The molecule has 1 aromatic rings. The minimum Gasteiger partial charge on any atom is -0.465 e. The smallest absolute Gasteiger partial charge is 0.338 e. The average Bonchev–Trinajstić information content (AvgIpc) is 2.81. The normalized spacial score (nSPS) is 18.5. The molecule has 1 aliphatic heterocycles. The van der Waals surface area contributed by atoms with Crippen molar-refractivity contribution in [2.75, 3.05) is 23.9 Å². The minimum absolute atomic E-state index is 0.0893. The number of rotatable bonds is 3. The Hall–Kier alpha value is -0.880. The highest BCUT2D eigenvalue weighted by Gasteiger charge is 2.31. The van der Waals surface area contributed by atoms with Crippen LogP contribution in [0.1, 0.15) is 22.3 Å². The number of hydrogen-bond donors (Lipinski definition) is 0. The molecule has 0 saturated carbocycles. The third-order valence-electron chi connectivity index (χ3n) is 3.46. The predicted molar refractivity (Wildman–Crippen MR) is 84.5 cm³/mol. The molecule has 1 aliphatic rings. The van der Waals surface area contributed by atoms with E-state index in [9.17, 15) is 9.59 Å². The highest BCUT2D eigenvalue weighted by molar-refractivity contribution is 9.10. The molecule has 1 aromatic carbocycles. The van der Waals surface area contributed by atoms with Crippen molar-refractivity contribution in [2.24, 2.45) is 5.92 Å². The van der Waals surface area contributed by atoms with E-state index >= 15 is 0 Å². The summed E-state index contributed by atoms with van der Waals surface area (Å²) in [5, 5.41) is 0.798. The van der Waals surface area contributed by atoms with E-state index < -0.39 is 5.97 Å². The molecule has 1 atom stereocenters. The van der Waals surface area contributed by atoms with Crippen LogP contribution in [0.5, 0.6) is 0 Å². The van der Waals surface area contributed by atoms with Crippen LogP contribution in [0, 0.1) is 12.8 Å².